The Labute approximate surface area is 129 Å². The number of hydrogen-bond acceptors (Lipinski definition) is 3. The molecule has 0 radical (unpaired) electrons. The summed E-state index contributed by atoms with van der Waals surface area (Å²) in [6.45, 7) is 2.63. The van der Waals surface area contributed by atoms with E-state index >= 15 is 0 Å². The molecule has 1 aliphatic carbocycles. The lowest BCUT2D eigenvalue weighted by Crippen LogP contribution is -2.44. The quantitative estimate of drug-likeness (QED) is 0.945. The Bertz CT molecular complexity index is 584. The van der Waals surface area contributed by atoms with Crippen LogP contribution in [0.1, 0.15) is 25.3 Å². The molecule has 3 atom stereocenters. The average molecular weight is 306 g/mol. The predicted octanol–water partition coefficient (Wildman–Crippen LogP) is 2.95. The number of aromatic nitrogens is 3. The third-order valence-electron chi connectivity index (χ3n) is 4.79. The van der Waals surface area contributed by atoms with Crippen LogP contribution in [-0.4, -0.2) is 25.5 Å². The summed E-state index contributed by atoms with van der Waals surface area (Å²) in [7, 11) is 0. The first-order valence-electron chi connectivity index (χ1n) is 7.37. The lowest BCUT2D eigenvalue weighted by Gasteiger charge is -2.34. The summed E-state index contributed by atoms with van der Waals surface area (Å²) in [5, 5.41) is 16.1. The fourth-order valence-electron chi connectivity index (χ4n) is 3.40. The summed E-state index contributed by atoms with van der Waals surface area (Å²) in [4.78, 5) is 3.97. The molecular weight excluding hydrogens is 286 g/mol. The molecule has 21 heavy (non-hydrogen) atoms. The first-order chi connectivity index (χ1) is 10.1. The monoisotopic (exact) mass is 305 g/mol. The van der Waals surface area contributed by atoms with E-state index in [2.05, 4.69) is 17.0 Å². The second kappa shape index (κ2) is 5.78. The number of nitrogens with zero attached hydrogens (tertiary/aromatic N) is 3. The fourth-order valence-corrected chi connectivity index (χ4v) is 3.52. The largest absolute Gasteiger partial charge is 0.387 e. The fraction of sp³-hybridized carbons (Fsp3) is 0.500. The van der Waals surface area contributed by atoms with Gasteiger partial charge < -0.3 is 5.11 Å². The average Bonchev–Trinajstić information content (AvgIpc) is 3.05. The van der Waals surface area contributed by atoms with Crippen LogP contribution >= 0.6 is 11.6 Å². The highest BCUT2D eigenvalue weighted by molar-refractivity contribution is 6.30. The zero-order chi connectivity index (χ0) is 14.9. The number of halogens is 1. The first kappa shape index (κ1) is 14.5. The third-order valence-corrected chi connectivity index (χ3v) is 5.04. The molecule has 112 valence electrons. The van der Waals surface area contributed by atoms with Gasteiger partial charge in [0, 0.05) is 5.02 Å². The van der Waals surface area contributed by atoms with Gasteiger partial charge in [-0.3, -0.25) is 4.68 Å². The summed E-state index contributed by atoms with van der Waals surface area (Å²) in [5.74, 6) is 0.497. The molecule has 1 fully saturated rings. The standard InChI is InChI=1S/C16H20ClN3O/c1-12-2-5-14(8-13-3-6-15(17)7-4-13)16(12,21)9-20-11-18-10-19-20/h3-4,6-7,10-12,14,21H,2,5,8-9H2,1H3/t12-,14+,16+/m1/s1. The highest BCUT2D eigenvalue weighted by Gasteiger charge is 2.46. The second-order valence-corrected chi connectivity index (χ2v) is 6.53. The normalized spacial score (nSPS) is 28.9. The topological polar surface area (TPSA) is 50.9 Å². The molecule has 4 nitrogen and oxygen atoms in total. The molecule has 0 spiro atoms. The van der Waals surface area contributed by atoms with Gasteiger partial charge in [-0.2, -0.15) is 5.10 Å². The Kier molecular flexibility index (Phi) is 4.00. The summed E-state index contributed by atoms with van der Waals surface area (Å²) in [6.07, 6.45) is 6.13. The van der Waals surface area contributed by atoms with Gasteiger partial charge in [-0.05, 0) is 48.8 Å². The third kappa shape index (κ3) is 2.97. The van der Waals surface area contributed by atoms with E-state index in [1.54, 1.807) is 11.0 Å². The van der Waals surface area contributed by atoms with Crippen LogP contribution in [0.15, 0.2) is 36.9 Å². The predicted molar refractivity (Wildman–Crippen MR) is 82.0 cm³/mol. The first-order valence-corrected chi connectivity index (χ1v) is 7.75. The molecule has 2 aromatic rings. The van der Waals surface area contributed by atoms with Crippen LogP contribution in [-0.2, 0) is 13.0 Å². The van der Waals surface area contributed by atoms with Crippen LogP contribution < -0.4 is 0 Å². The van der Waals surface area contributed by atoms with Crippen molar-refractivity contribution in [2.24, 2.45) is 11.8 Å². The molecule has 0 saturated heterocycles. The van der Waals surface area contributed by atoms with Crippen molar-refractivity contribution in [3.05, 3.63) is 47.5 Å². The van der Waals surface area contributed by atoms with E-state index < -0.39 is 5.60 Å². The van der Waals surface area contributed by atoms with Gasteiger partial charge >= 0.3 is 0 Å². The molecule has 1 aromatic carbocycles. The maximum Gasteiger partial charge on any atom is 0.137 e. The maximum absolute atomic E-state index is 11.2. The number of rotatable bonds is 4. The Morgan fingerprint density at radius 1 is 1.33 bits per heavy atom. The zero-order valence-electron chi connectivity index (χ0n) is 12.1. The van der Waals surface area contributed by atoms with Crippen molar-refractivity contribution < 1.29 is 5.11 Å². The smallest absolute Gasteiger partial charge is 0.137 e. The molecular formula is C16H20ClN3O. The van der Waals surface area contributed by atoms with Gasteiger partial charge in [-0.25, -0.2) is 4.98 Å². The van der Waals surface area contributed by atoms with Gasteiger partial charge in [0.2, 0.25) is 0 Å². The van der Waals surface area contributed by atoms with Crippen LogP contribution in [0, 0.1) is 11.8 Å². The lowest BCUT2D eigenvalue weighted by atomic mass is 9.81. The van der Waals surface area contributed by atoms with Crippen molar-refractivity contribution in [2.75, 3.05) is 0 Å². The van der Waals surface area contributed by atoms with Gasteiger partial charge in [0.15, 0.2) is 0 Å². The van der Waals surface area contributed by atoms with Crippen LogP contribution in [0.2, 0.25) is 5.02 Å². The molecule has 1 aliphatic rings. The van der Waals surface area contributed by atoms with Gasteiger partial charge in [0.1, 0.15) is 12.7 Å². The van der Waals surface area contributed by atoms with Gasteiger partial charge in [-0.1, -0.05) is 30.7 Å². The van der Waals surface area contributed by atoms with Crippen LogP contribution in [0.3, 0.4) is 0 Å². The van der Waals surface area contributed by atoms with Crippen molar-refractivity contribution in [3.8, 4) is 0 Å². The molecule has 1 heterocycles. The van der Waals surface area contributed by atoms with Crippen molar-refractivity contribution in [2.45, 2.75) is 38.3 Å². The Morgan fingerprint density at radius 2 is 2.10 bits per heavy atom. The molecule has 0 aliphatic heterocycles. The van der Waals surface area contributed by atoms with E-state index in [1.165, 1.54) is 11.9 Å². The molecule has 5 heteroatoms. The highest BCUT2D eigenvalue weighted by Crippen LogP contribution is 2.43. The van der Waals surface area contributed by atoms with Crippen LogP contribution in [0.5, 0.6) is 0 Å². The molecule has 3 rings (SSSR count). The highest BCUT2D eigenvalue weighted by atomic mass is 35.5. The van der Waals surface area contributed by atoms with E-state index in [1.807, 2.05) is 24.3 Å². The Balaban J connectivity index is 1.78. The second-order valence-electron chi connectivity index (χ2n) is 6.09. The molecule has 1 N–H and O–H groups in total. The Morgan fingerprint density at radius 3 is 2.76 bits per heavy atom. The molecule has 0 amide bonds. The van der Waals surface area contributed by atoms with Crippen molar-refractivity contribution in [1.82, 2.24) is 14.8 Å². The SMILES string of the molecule is C[C@@H]1CC[C@@H](Cc2ccc(Cl)cc2)[C@]1(O)Cn1cncn1. The van der Waals surface area contributed by atoms with Crippen molar-refractivity contribution in [1.29, 1.82) is 0 Å². The Hall–Kier alpha value is -1.39. The molecule has 0 bridgehead atoms. The van der Waals surface area contributed by atoms with Crippen LogP contribution in [0.25, 0.3) is 0 Å². The summed E-state index contributed by atoms with van der Waals surface area (Å²) >= 11 is 5.93. The van der Waals surface area contributed by atoms with Crippen molar-refractivity contribution in [3.63, 3.8) is 0 Å². The minimum absolute atomic E-state index is 0.234. The number of hydrogen-bond donors (Lipinski definition) is 1. The number of benzene rings is 1. The molecule has 1 saturated carbocycles. The minimum Gasteiger partial charge on any atom is -0.387 e. The summed E-state index contributed by atoms with van der Waals surface area (Å²) < 4.78 is 1.73. The minimum atomic E-state index is -0.729. The van der Waals surface area contributed by atoms with Crippen molar-refractivity contribution >= 4 is 11.6 Å². The van der Waals surface area contributed by atoms with E-state index in [4.69, 9.17) is 11.6 Å². The molecule has 1 aromatic heterocycles. The van der Waals surface area contributed by atoms with E-state index in [0.29, 0.717) is 6.54 Å². The van der Waals surface area contributed by atoms with Gasteiger partial charge in [-0.15, -0.1) is 0 Å². The summed E-state index contributed by atoms with van der Waals surface area (Å²) in [6, 6.07) is 7.90. The molecule has 0 unspecified atom stereocenters. The number of aliphatic hydroxyl groups is 1. The lowest BCUT2D eigenvalue weighted by molar-refractivity contribution is -0.0482. The summed E-state index contributed by atoms with van der Waals surface area (Å²) in [5.41, 5.74) is 0.489. The van der Waals surface area contributed by atoms with Gasteiger partial charge in [0.25, 0.3) is 0 Å². The van der Waals surface area contributed by atoms with E-state index in [0.717, 1.165) is 24.3 Å². The van der Waals surface area contributed by atoms with E-state index in [-0.39, 0.29) is 11.8 Å². The van der Waals surface area contributed by atoms with E-state index in [9.17, 15) is 5.11 Å². The van der Waals surface area contributed by atoms with Crippen LogP contribution in [0.4, 0.5) is 0 Å². The van der Waals surface area contributed by atoms with Gasteiger partial charge in [0.05, 0.1) is 12.1 Å². The zero-order valence-corrected chi connectivity index (χ0v) is 12.9. The maximum atomic E-state index is 11.2.